The minimum atomic E-state index is -0.405. The van der Waals surface area contributed by atoms with Crippen molar-refractivity contribution < 1.29 is 23.6 Å². The number of carbonyl (C=O) groups is 2. The molecular weight excluding hydrogens is 346 g/mol. The molecule has 2 N–H and O–H groups in total. The number of hydrogen-bond acceptors (Lipinski definition) is 5. The lowest BCUT2D eigenvalue weighted by atomic mass is 10.1. The first-order valence-electron chi connectivity index (χ1n) is 9.37. The summed E-state index contributed by atoms with van der Waals surface area (Å²) in [6.45, 7) is 9.24. The highest BCUT2D eigenvalue weighted by molar-refractivity contribution is 6.05. The second-order valence-corrected chi connectivity index (χ2v) is 6.47. The van der Waals surface area contributed by atoms with Gasteiger partial charge in [0, 0.05) is 0 Å². The van der Waals surface area contributed by atoms with E-state index in [1.54, 1.807) is 36.1 Å². The zero-order valence-electron chi connectivity index (χ0n) is 15.8. The lowest BCUT2D eigenvalue weighted by Gasteiger charge is -2.34. The quantitative estimate of drug-likeness (QED) is 0.751. The average molecular weight is 372 g/mol. The summed E-state index contributed by atoms with van der Waals surface area (Å²) >= 11 is 0. The highest BCUT2D eigenvalue weighted by Crippen LogP contribution is 2.28. The Morgan fingerprint density at radius 3 is 2.63 bits per heavy atom. The van der Waals surface area contributed by atoms with E-state index in [2.05, 4.69) is 17.1 Å². The van der Waals surface area contributed by atoms with E-state index < -0.39 is 5.97 Å². The van der Waals surface area contributed by atoms with E-state index in [0.29, 0.717) is 17.9 Å². The zero-order chi connectivity index (χ0) is 19.2. The summed E-state index contributed by atoms with van der Waals surface area (Å²) in [6, 6.07) is 8.56. The van der Waals surface area contributed by atoms with Crippen LogP contribution in [-0.2, 0) is 4.74 Å². The van der Waals surface area contributed by atoms with Crippen molar-refractivity contribution in [2.45, 2.75) is 13.8 Å². The normalized spacial score (nSPS) is 14.8. The summed E-state index contributed by atoms with van der Waals surface area (Å²) in [4.78, 5) is 28.4. The standard InChI is InChI=1S/C20H25N3O4/c1-3-22-9-11-23(12-10-22)17-8-7-15(20(25)26-4-2)14-16(17)21-19(24)18-6-5-13-27-18/h5-8,13-14H,3-4,9-12H2,1-2H3,(H,21,24)/p+1. The van der Waals surface area contributed by atoms with Gasteiger partial charge in [-0.2, -0.15) is 0 Å². The van der Waals surface area contributed by atoms with Crippen LogP contribution in [-0.4, -0.2) is 51.2 Å². The summed E-state index contributed by atoms with van der Waals surface area (Å²) in [6.07, 6.45) is 1.46. The molecular formula is C20H26N3O4+. The van der Waals surface area contributed by atoms with Crippen LogP contribution in [0.15, 0.2) is 41.0 Å². The van der Waals surface area contributed by atoms with Gasteiger partial charge in [-0.05, 0) is 44.2 Å². The Kier molecular flexibility index (Phi) is 6.13. The summed E-state index contributed by atoms with van der Waals surface area (Å²) in [5, 5.41) is 2.88. The molecule has 0 unspecified atom stereocenters. The Bertz CT molecular complexity index is 781. The van der Waals surface area contributed by atoms with Gasteiger partial charge in [-0.25, -0.2) is 4.79 Å². The van der Waals surface area contributed by atoms with E-state index in [4.69, 9.17) is 9.15 Å². The second kappa shape index (κ2) is 8.73. The van der Waals surface area contributed by atoms with Gasteiger partial charge in [0.25, 0.3) is 5.91 Å². The fraction of sp³-hybridized carbons (Fsp3) is 0.400. The van der Waals surface area contributed by atoms with Crippen molar-refractivity contribution in [3.63, 3.8) is 0 Å². The maximum Gasteiger partial charge on any atom is 0.338 e. The van der Waals surface area contributed by atoms with Gasteiger partial charge in [0.15, 0.2) is 5.76 Å². The Labute approximate surface area is 158 Å². The first-order valence-corrected chi connectivity index (χ1v) is 9.37. The first kappa shape index (κ1) is 19.0. The van der Waals surface area contributed by atoms with Crippen LogP contribution in [0.4, 0.5) is 11.4 Å². The Morgan fingerprint density at radius 2 is 2.00 bits per heavy atom. The van der Waals surface area contributed by atoms with Crippen LogP contribution >= 0.6 is 0 Å². The van der Waals surface area contributed by atoms with Crippen LogP contribution in [0, 0.1) is 0 Å². The third-order valence-electron chi connectivity index (χ3n) is 4.81. The number of esters is 1. The number of piperazine rings is 1. The van der Waals surface area contributed by atoms with Crippen molar-refractivity contribution >= 4 is 23.3 Å². The van der Waals surface area contributed by atoms with Gasteiger partial charge in [-0.1, -0.05) is 0 Å². The van der Waals surface area contributed by atoms with Crippen molar-refractivity contribution in [2.24, 2.45) is 0 Å². The molecule has 1 amide bonds. The second-order valence-electron chi connectivity index (χ2n) is 6.47. The molecule has 27 heavy (non-hydrogen) atoms. The highest BCUT2D eigenvalue weighted by atomic mass is 16.5. The number of amides is 1. The predicted octanol–water partition coefficient (Wildman–Crippen LogP) is 1.43. The molecule has 2 heterocycles. The lowest BCUT2D eigenvalue weighted by Crippen LogP contribution is -3.14. The number of ether oxygens (including phenoxy) is 1. The van der Waals surface area contributed by atoms with Crippen molar-refractivity contribution in [3.8, 4) is 0 Å². The Balaban J connectivity index is 1.87. The molecule has 7 nitrogen and oxygen atoms in total. The molecule has 1 aromatic heterocycles. The van der Waals surface area contributed by atoms with E-state index >= 15 is 0 Å². The third kappa shape index (κ3) is 4.49. The summed E-state index contributed by atoms with van der Waals surface area (Å²) < 4.78 is 10.3. The number of likely N-dealkylation sites (N-methyl/N-ethyl adjacent to an activating group) is 1. The average Bonchev–Trinajstić information content (AvgIpc) is 3.23. The third-order valence-corrected chi connectivity index (χ3v) is 4.81. The molecule has 1 saturated heterocycles. The fourth-order valence-corrected chi connectivity index (χ4v) is 3.26. The molecule has 1 aliphatic rings. The maximum atomic E-state index is 12.5. The smallest absolute Gasteiger partial charge is 0.338 e. The number of quaternary nitrogens is 1. The van der Waals surface area contributed by atoms with E-state index in [1.165, 1.54) is 6.26 Å². The molecule has 144 valence electrons. The predicted molar refractivity (Wildman–Crippen MR) is 103 cm³/mol. The van der Waals surface area contributed by atoms with Gasteiger partial charge < -0.3 is 24.3 Å². The molecule has 2 aromatic rings. The van der Waals surface area contributed by atoms with Crippen LogP contribution in [0.3, 0.4) is 0 Å². The van der Waals surface area contributed by atoms with Gasteiger partial charge in [0.2, 0.25) is 0 Å². The number of rotatable bonds is 6. The molecule has 1 aromatic carbocycles. The van der Waals surface area contributed by atoms with Gasteiger partial charge in [-0.3, -0.25) is 4.79 Å². The highest BCUT2D eigenvalue weighted by Gasteiger charge is 2.23. The largest absolute Gasteiger partial charge is 0.462 e. The number of nitrogens with one attached hydrogen (secondary N) is 2. The van der Waals surface area contributed by atoms with Gasteiger partial charge >= 0.3 is 5.97 Å². The van der Waals surface area contributed by atoms with E-state index in [-0.39, 0.29) is 11.7 Å². The van der Waals surface area contributed by atoms with Gasteiger partial charge in [-0.15, -0.1) is 0 Å². The lowest BCUT2D eigenvalue weighted by molar-refractivity contribution is -0.898. The number of furan rings is 1. The number of hydrogen-bond donors (Lipinski definition) is 2. The van der Waals surface area contributed by atoms with Crippen LogP contribution in [0.25, 0.3) is 0 Å². The molecule has 3 rings (SSSR count). The van der Waals surface area contributed by atoms with E-state index in [0.717, 1.165) is 38.4 Å². The molecule has 0 radical (unpaired) electrons. The summed E-state index contributed by atoms with van der Waals surface area (Å²) in [5.74, 6) is -0.527. The van der Waals surface area contributed by atoms with Crippen LogP contribution < -0.4 is 15.1 Å². The Morgan fingerprint density at radius 1 is 1.22 bits per heavy atom. The van der Waals surface area contributed by atoms with Crippen molar-refractivity contribution in [3.05, 3.63) is 47.9 Å². The fourth-order valence-electron chi connectivity index (χ4n) is 3.26. The van der Waals surface area contributed by atoms with Crippen LogP contribution in [0.5, 0.6) is 0 Å². The monoisotopic (exact) mass is 372 g/mol. The molecule has 0 atom stereocenters. The van der Waals surface area contributed by atoms with Crippen LogP contribution in [0.1, 0.15) is 34.8 Å². The van der Waals surface area contributed by atoms with E-state index in [9.17, 15) is 9.59 Å². The van der Waals surface area contributed by atoms with E-state index in [1.807, 2.05) is 6.07 Å². The van der Waals surface area contributed by atoms with Crippen molar-refractivity contribution in [2.75, 3.05) is 49.5 Å². The summed E-state index contributed by atoms with van der Waals surface area (Å²) in [5.41, 5.74) is 1.90. The number of benzene rings is 1. The molecule has 7 heteroatoms. The van der Waals surface area contributed by atoms with Crippen LogP contribution in [0.2, 0.25) is 0 Å². The van der Waals surface area contributed by atoms with Gasteiger partial charge in [0.1, 0.15) is 0 Å². The van der Waals surface area contributed by atoms with Gasteiger partial charge in [0.05, 0.1) is 62.5 Å². The molecule has 1 aliphatic heterocycles. The van der Waals surface area contributed by atoms with Crippen molar-refractivity contribution in [1.82, 2.24) is 0 Å². The zero-order valence-corrected chi connectivity index (χ0v) is 15.8. The minimum absolute atomic E-state index is 0.225. The molecule has 0 bridgehead atoms. The first-order chi connectivity index (χ1) is 13.1. The SMILES string of the molecule is CCOC(=O)c1ccc(N2CC[NH+](CC)CC2)c(NC(=O)c2ccco2)c1. The number of nitrogens with zero attached hydrogens (tertiary/aromatic N) is 1. The number of carbonyl (C=O) groups excluding carboxylic acids is 2. The topological polar surface area (TPSA) is 76.2 Å². The molecule has 0 aliphatic carbocycles. The Hall–Kier alpha value is -2.80. The van der Waals surface area contributed by atoms with Crippen molar-refractivity contribution in [1.29, 1.82) is 0 Å². The molecule has 0 saturated carbocycles. The summed E-state index contributed by atoms with van der Waals surface area (Å²) in [7, 11) is 0. The maximum absolute atomic E-state index is 12.5. The number of anilines is 2. The molecule has 0 spiro atoms. The minimum Gasteiger partial charge on any atom is -0.462 e. The molecule has 1 fully saturated rings.